The minimum Gasteiger partial charge on any atom is -0.367 e. The Morgan fingerprint density at radius 3 is 2.67 bits per heavy atom. The molecule has 1 amide bonds. The van der Waals surface area contributed by atoms with Crippen molar-refractivity contribution in [2.24, 2.45) is 0 Å². The fourth-order valence-corrected chi connectivity index (χ4v) is 4.54. The minimum absolute atomic E-state index is 0.191. The van der Waals surface area contributed by atoms with Gasteiger partial charge in [0, 0.05) is 50.7 Å². The van der Waals surface area contributed by atoms with E-state index in [9.17, 15) is 18.7 Å². The number of thiophene rings is 1. The molecule has 0 spiro atoms. The van der Waals surface area contributed by atoms with Crippen molar-refractivity contribution in [1.82, 2.24) is 9.80 Å². The Kier molecular flexibility index (Phi) is 4.75. The maximum Gasteiger partial charge on any atom is 0.269 e. The maximum absolute atomic E-state index is 14.0. The molecule has 3 heterocycles. The molecule has 1 unspecified atom stereocenters. The molecule has 144 valence electrons. The fraction of sp³-hybridized carbons (Fsp3) is 0.389. The molecule has 1 atom stereocenters. The number of carbonyl (C=O) groups is 1. The summed E-state index contributed by atoms with van der Waals surface area (Å²) in [5.41, 5.74) is 1.09. The first kappa shape index (κ1) is 18.1. The van der Waals surface area contributed by atoms with Gasteiger partial charge in [0.1, 0.15) is 16.5 Å². The molecule has 1 aromatic carbocycles. The van der Waals surface area contributed by atoms with Crippen LogP contribution in [0.25, 0.3) is 0 Å². The van der Waals surface area contributed by atoms with E-state index in [2.05, 4.69) is 10.2 Å². The first-order chi connectivity index (χ1) is 12.9. The van der Waals surface area contributed by atoms with Crippen molar-refractivity contribution in [3.05, 3.63) is 45.7 Å². The van der Waals surface area contributed by atoms with Gasteiger partial charge in [-0.1, -0.05) is 0 Å². The topological polar surface area (TPSA) is 59.1 Å². The standard InChI is InChI=1S/C18H20F2N4O2S/c1-22-17(25)16-14(21-18(22)26)9-12(27-16)10-23-4-6-24(7-5-23)15-3-2-11(19)8-13(15)20/h2-3,8-9,18,21,26H,4-7,10H2,1H3. The summed E-state index contributed by atoms with van der Waals surface area (Å²) in [5, 5.41) is 12.7. The predicted octanol–water partition coefficient (Wildman–Crippen LogP) is 2.12. The number of nitrogens with one attached hydrogen (secondary N) is 1. The van der Waals surface area contributed by atoms with E-state index in [-0.39, 0.29) is 5.91 Å². The lowest BCUT2D eigenvalue weighted by Crippen LogP contribution is -2.46. The van der Waals surface area contributed by atoms with Gasteiger partial charge in [-0.2, -0.15) is 0 Å². The summed E-state index contributed by atoms with van der Waals surface area (Å²) in [5.74, 6) is -1.30. The van der Waals surface area contributed by atoms with Crippen LogP contribution in [0.15, 0.2) is 24.3 Å². The summed E-state index contributed by atoms with van der Waals surface area (Å²) in [4.78, 5) is 19.3. The number of hydrogen-bond donors (Lipinski definition) is 2. The number of benzene rings is 1. The number of piperazine rings is 1. The molecular formula is C18H20F2N4O2S. The highest BCUT2D eigenvalue weighted by molar-refractivity contribution is 7.14. The Morgan fingerprint density at radius 2 is 1.96 bits per heavy atom. The van der Waals surface area contributed by atoms with Gasteiger partial charge in [0.25, 0.3) is 5.91 Å². The lowest BCUT2D eigenvalue weighted by atomic mass is 10.2. The predicted molar refractivity (Wildman–Crippen MR) is 99.9 cm³/mol. The van der Waals surface area contributed by atoms with E-state index in [1.807, 2.05) is 11.0 Å². The summed E-state index contributed by atoms with van der Waals surface area (Å²) >= 11 is 1.42. The van der Waals surface area contributed by atoms with E-state index in [0.29, 0.717) is 35.9 Å². The van der Waals surface area contributed by atoms with Crippen molar-refractivity contribution in [3.63, 3.8) is 0 Å². The Labute approximate surface area is 159 Å². The Hall–Kier alpha value is -2.23. The van der Waals surface area contributed by atoms with Crippen LogP contribution in [0.4, 0.5) is 20.2 Å². The van der Waals surface area contributed by atoms with Crippen LogP contribution >= 0.6 is 11.3 Å². The van der Waals surface area contributed by atoms with Crippen LogP contribution in [0.1, 0.15) is 14.5 Å². The van der Waals surface area contributed by atoms with Gasteiger partial charge in [-0.05, 0) is 18.2 Å². The SMILES string of the molecule is CN1C(=O)c2sc(CN3CCN(c4ccc(F)cc4F)CC3)cc2NC1O. The fourth-order valence-electron chi connectivity index (χ4n) is 3.40. The van der Waals surface area contributed by atoms with Gasteiger partial charge >= 0.3 is 0 Å². The Morgan fingerprint density at radius 1 is 1.22 bits per heavy atom. The lowest BCUT2D eigenvalue weighted by molar-refractivity contribution is 0.0308. The molecule has 0 saturated carbocycles. The summed E-state index contributed by atoms with van der Waals surface area (Å²) in [6.07, 6.45) is -1.01. The van der Waals surface area contributed by atoms with Crippen molar-refractivity contribution in [1.29, 1.82) is 0 Å². The van der Waals surface area contributed by atoms with E-state index >= 15 is 0 Å². The number of halogens is 2. The second kappa shape index (κ2) is 7.06. The van der Waals surface area contributed by atoms with E-state index in [0.717, 1.165) is 24.0 Å². The van der Waals surface area contributed by atoms with Gasteiger partial charge in [0.05, 0.1) is 11.4 Å². The maximum atomic E-state index is 14.0. The lowest BCUT2D eigenvalue weighted by Gasteiger charge is -2.36. The molecule has 4 rings (SSSR count). The second-order valence-corrected chi connectivity index (χ2v) is 7.89. The average molecular weight is 394 g/mol. The average Bonchev–Trinajstić information content (AvgIpc) is 3.03. The van der Waals surface area contributed by atoms with Crippen molar-refractivity contribution in [3.8, 4) is 0 Å². The quantitative estimate of drug-likeness (QED) is 0.835. The van der Waals surface area contributed by atoms with Crippen LogP contribution in [0.2, 0.25) is 0 Å². The van der Waals surface area contributed by atoms with Crippen LogP contribution in [-0.4, -0.2) is 60.4 Å². The number of fused-ring (bicyclic) bond motifs is 1. The zero-order valence-corrected chi connectivity index (χ0v) is 15.6. The van der Waals surface area contributed by atoms with Crippen LogP contribution in [0.3, 0.4) is 0 Å². The van der Waals surface area contributed by atoms with Crippen LogP contribution in [0, 0.1) is 11.6 Å². The highest BCUT2D eigenvalue weighted by Crippen LogP contribution is 2.33. The van der Waals surface area contributed by atoms with Crippen molar-refractivity contribution < 1.29 is 18.7 Å². The molecular weight excluding hydrogens is 374 g/mol. The molecule has 9 heteroatoms. The minimum atomic E-state index is -1.01. The number of amides is 1. The highest BCUT2D eigenvalue weighted by Gasteiger charge is 2.30. The van der Waals surface area contributed by atoms with Gasteiger partial charge < -0.3 is 15.3 Å². The number of anilines is 2. The zero-order chi connectivity index (χ0) is 19.1. The molecule has 6 nitrogen and oxygen atoms in total. The van der Waals surface area contributed by atoms with Crippen molar-refractivity contribution >= 4 is 28.6 Å². The number of rotatable bonds is 3. The van der Waals surface area contributed by atoms with E-state index in [1.165, 1.54) is 28.4 Å². The molecule has 0 aliphatic carbocycles. The van der Waals surface area contributed by atoms with Crippen LogP contribution < -0.4 is 10.2 Å². The second-order valence-electron chi connectivity index (χ2n) is 6.75. The van der Waals surface area contributed by atoms with E-state index < -0.39 is 18.0 Å². The number of aliphatic hydroxyl groups excluding tert-OH is 1. The van der Waals surface area contributed by atoms with Gasteiger partial charge in [0.15, 0.2) is 0 Å². The summed E-state index contributed by atoms with van der Waals surface area (Å²) < 4.78 is 27.0. The first-order valence-electron chi connectivity index (χ1n) is 8.69. The first-order valence-corrected chi connectivity index (χ1v) is 9.51. The third kappa shape index (κ3) is 3.50. The van der Waals surface area contributed by atoms with Gasteiger partial charge in [-0.25, -0.2) is 8.78 Å². The monoisotopic (exact) mass is 394 g/mol. The highest BCUT2D eigenvalue weighted by atomic mass is 32.1. The Balaban J connectivity index is 1.39. The van der Waals surface area contributed by atoms with Crippen LogP contribution in [-0.2, 0) is 6.54 Å². The largest absolute Gasteiger partial charge is 0.367 e. The molecule has 1 saturated heterocycles. The van der Waals surface area contributed by atoms with Crippen molar-refractivity contribution in [2.75, 3.05) is 43.4 Å². The molecule has 2 N–H and O–H groups in total. The van der Waals surface area contributed by atoms with E-state index in [1.54, 1.807) is 7.05 Å². The molecule has 0 bridgehead atoms. The van der Waals surface area contributed by atoms with Gasteiger partial charge in [0.2, 0.25) is 6.35 Å². The van der Waals surface area contributed by atoms with Gasteiger partial charge in [-0.3, -0.25) is 14.6 Å². The summed E-state index contributed by atoms with van der Waals surface area (Å²) in [7, 11) is 1.55. The van der Waals surface area contributed by atoms with E-state index in [4.69, 9.17) is 0 Å². The summed E-state index contributed by atoms with van der Waals surface area (Å²) in [6.45, 7) is 3.46. The zero-order valence-electron chi connectivity index (χ0n) is 14.8. The third-order valence-corrected chi connectivity index (χ3v) is 6.06. The normalized spacial score (nSPS) is 20.6. The number of aliphatic hydroxyl groups is 1. The molecule has 1 fully saturated rings. The number of hydrogen-bond acceptors (Lipinski definition) is 6. The van der Waals surface area contributed by atoms with Crippen LogP contribution in [0.5, 0.6) is 0 Å². The Bertz CT molecular complexity index is 867. The molecule has 1 aromatic heterocycles. The molecule has 2 aromatic rings. The third-order valence-electron chi connectivity index (χ3n) is 4.95. The van der Waals surface area contributed by atoms with Gasteiger partial charge in [-0.15, -0.1) is 11.3 Å². The van der Waals surface area contributed by atoms with Crippen molar-refractivity contribution in [2.45, 2.75) is 12.9 Å². The molecule has 0 radical (unpaired) electrons. The smallest absolute Gasteiger partial charge is 0.269 e. The molecule has 2 aliphatic heterocycles. The molecule has 2 aliphatic rings. The number of carbonyl (C=O) groups excluding carboxylic acids is 1. The molecule has 27 heavy (non-hydrogen) atoms. The summed E-state index contributed by atoms with van der Waals surface area (Å²) in [6, 6.07) is 5.57. The number of nitrogens with zero attached hydrogens (tertiary/aromatic N) is 3.